The molecule has 0 saturated carbocycles. The number of hydrogen-bond donors (Lipinski definition) is 1. The van der Waals surface area contributed by atoms with E-state index < -0.39 is 9.84 Å². The van der Waals surface area contributed by atoms with Gasteiger partial charge in [-0.2, -0.15) is 4.98 Å². The maximum atomic E-state index is 13.3. The first-order chi connectivity index (χ1) is 14.5. The van der Waals surface area contributed by atoms with E-state index in [0.29, 0.717) is 23.1 Å². The van der Waals surface area contributed by atoms with Crippen LogP contribution in [-0.4, -0.2) is 20.0 Å². The van der Waals surface area contributed by atoms with Crippen LogP contribution in [0.5, 0.6) is 5.75 Å². The monoisotopic (exact) mass is 460 g/mol. The van der Waals surface area contributed by atoms with Crippen molar-refractivity contribution in [3.63, 3.8) is 0 Å². The van der Waals surface area contributed by atoms with Gasteiger partial charge in [0.25, 0.3) is 0 Å². The van der Waals surface area contributed by atoms with Crippen LogP contribution in [0.1, 0.15) is 6.92 Å². The van der Waals surface area contributed by atoms with Crippen molar-refractivity contribution >= 4 is 44.3 Å². The molecule has 4 rings (SSSR count). The normalized spacial score (nSPS) is 11.4. The number of ether oxygens (including phenoxy) is 1. The van der Waals surface area contributed by atoms with Gasteiger partial charge in [-0.15, -0.1) is 11.3 Å². The third-order valence-electron chi connectivity index (χ3n) is 4.13. The van der Waals surface area contributed by atoms with Crippen LogP contribution in [0.25, 0.3) is 10.8 Å². The quantitative estimate of drug-likeness (QED) is 0.362. The summed E-state index contributed by atoms with van der Waals surface area (Å²) < 4.78 is 37.8. The molecule has 30 heavy (non-hydrogen) atoms. The molecule has 0 aliphatic carbocycles. The topological polar surface area (TPSA) is 81.4 Å². The van der Waals surface area contributed by atoms with E-state index >= 15 is 0 Å². The molecule has 0 atom stereocenters. The zero-order valence-electron chi connectivity index (χ0n) is 15.8. The number of halogens is 1. The summed E-state index contributed by atoms with van der Waals surface area (Å²) in [6.07, 6.45) is 0. The molecule has 0 fully saturated rings. The lowest BCUT2D eigenvalue weighted by atomic mass is 10.3. The average Bonchev–Trinajstić information content (AvgIpc) is 3.40. The molecule has 0 aliphatic heterocycles. The summed E-state index contributed by atoms with van der Waals surface area (Å²) in [7, 11) is -3.94. The van der Waals surface area contributed by atoms with Crippen LogP contribution < -0.4 is 10.1 Å². The molecule has 2 heterocycles. The zero-order valence-corrected chi connectivity index (χ0v) is 18.2. The van der Waals surface area contributed by atoms with E-state index in [-0.39, 0.29) is 21.7 Å². The molecule has 0 aliphatic rings. The van der Waals surface area contributed by atoms with Crippen molar-refractivity contribution in [1.82, 2.24) is 4.98 Å². The average molecular weight is 461 g/mol. The zero-order chi connectivity index (χ0) is 21.1. The van der Waals surface area contributed by atoms with Gasteiger partial charge in [0.05, 0.1) is 16.4 Å². The van der Waals surface area contributed by atoms with Crippen LogP contribution in [0.15, 0.2) is 80.4 Å². The first-order valence-corrected chi connectivity index (χ1v) is 11.8. The Morgan fingerprint density at radius 2 is 1.83 bits per heavy atom. The molecular weight excluding hydrogens is 444 g/mol. The summed E-state index contributed by atoms with van der Waals surface area (Å²) in [6.45, 7) is 2.46. The lowest BCUT2D eigenvalue weighted by Crippen LogP contribution is -2.05. The van der Waals surface area contributed by atoms with Crippen molar-refractivity contribution in [2.75, 3.05) is 11.9 Å². The Morgan fingerprint density at radius 1 is 1.10 bits per heavy atom. The number of thiophene rings is 1. The highest BCUT2D eigenvalue weighted by Gasteiger charge is 2.29. The van der Waals surface area contributed by atoms with E-state index in [1.165, 1.54) is 35.6 Å². The van der Waals surface area contributed by atoms with Crippen molar-refractivity contribution in [2.24, 2.45) is 0 Å². The maximum absolute atomic E-state index is 13.3. The molecule has 2 aromatic carbocycles. The van der Waals surface area contributed by atoms with E-state index in [9.17, 15) is 8.42 Å². The standard InChI is InChI=1S/C21H17ClN2O4S2/c1-2-27-16-9-7-15(8-10-16)23-20-21(24-19(28-20)18-4-3-13-29-18)30(25,26)17-11-5-14(22)6-12-17/h3-13,23H,2H2,1H3. The molecule has 6 nitrogen and oxygen atoms in total. The van der Waals surface area contributed by atoms with Crippen LogP contribution in [0, 0.1) is 0 Å². The fourth-order valence-corrected chi connectivity index (χ4v) is 4.76. The second-order valence-electron chi connectivity index (χ2n) is 6.17. The van der Waals surface area contributed by atoms with E-state index in [0.717, 1.165) is 4.88 Å². The first kappa shape index (κ1) is 20.5. The predicted octanol–water partition coefficient (Wildman–Crippen LogP) is 6.03. The summed E-state index contributed by atoms with van der Waals surface area (Å²) in [5, 5.41) is 5.15. The van der Waals surface area contributed by atoms with E-state index in [1.807, 2.05) is 24.4 Å². The Kier molecular flexibility index (Phi) is 5.80. The molecular formula is C21H17ClN2O4S2. The second-order valence-corrected chi connectivity index (χ2v) is 9.42. The largest absolute Gasteiger partial charge is 0.494 e. The van der Waals surface area contributed by atoms with E-state index in [1.54, 1.807) is 24.3 Å². The molecule has 0 radical (unpaired) electrons. The van der Waals surface area contributed by atoms with Crippen molar-refractivity contribution < 1.29 is 17.6 Å². The van der Waals surface area contributed by atoms with Crippen LogP contribution in [0.3, 0.4) is 0 Å². The van der Waals surface area contributed by atoms with Gasteiger partial charge < -0.3 is 14.5 Å². The number of oxazole rings is 1. The third-order valence-corrected chi connectivity index (χ3v) is 6.92. The molecule has 0 spiro atoms. The molecule has 0 unspecified atom stereocenters. The van der Waals surface area contributed by atoms with Crippen molar-refractivity contribution in [3.05, 3.63) is 71.1 Å². The Hall–Kier alpha value is -2.81. The van der Waals surface area contributed by atoms with Gasteiger partial charge in [0.15, 0.2) is 0 Å². The van der Waals surface area contributed by atoms with Gasteiger partial charge in [-0.05, 0) is 66.9 Å². The molecule has 0 amide bonds. The number of hydrogen-bond acceptors (Lipinski definition) is 7. The summed E-state index contributed by atoms with van der Waals surface area (Å²) in [4.78, 5) is 5.10. The van der Waals surface area contributed by atoms with Crippen LogP contribution in [-0.2, 0) is 9.84 Å². The van der Waals surface area contributed by atoms with Gasteiger partial charge in [-0.1, -0.05) is 17.7 Å². The van der Waals surface area contributed by atoms with Crippen LogP contribution in [0.4, 0.5) is 11.6 Å². The smallest absolute Gasteiger partial charge is 0.240 e. The van der Waals surface area contributed by atoms with Crippen molar-refractivity contribution in [3.8, 4) is 16.5 Å². The molecule has 1 N–H and O–H groups in total. The third kappa shape index (κ3) is 4.21. The van der Waals surface area contributed by atoms with Gasteiger partial charge >= 0.3 is 0 Å². The highest BCUT2D eigenvalue weighted by atomic mass is 35.5. The van der Waals surface area contributed by atoms with Gasteiger partial charge in [0.2, 0.25) is 26.6 Å². The highest BCUT2D eigenvalue weighted by molar-refractivity contribution is 7.91. The molecule has 9 heteroatoms. The lowest BCUT2D eigenvalue weighted by Gasteiger charge is -2.08. The number of anilines is 2. The van der Waals surface area contributed by atoms with Gasteiger partial charge in [0, 0.05) is 10.7 Å². The number of benzene rings is 2. The summed E-state index contributed by atoms with van der Waals surface area (Å²) in [6, 6.07) is 16.7. The maximum Gasteiger partial charge on any atom is 0.240 e. The molecule has 2 aromatic heterocycles. The fourth-order valence-electron chi connectivity index (χ4n) is 2.73. The number of aromatic nitrogens is 1. The second kappa shape index (κ2) is 8.51. The predicted molar refractivity (Wildman–Crippen MR) is 118 cm³/mol. The minimum Gasteiger partial charge on any atom is -0.494 e. The summed E-state index contributed by atoms with van der Waals surface area (Å²) in [5.41, 5.74) is 0.639. The Labute approximate surface area is 183 Å². The SMILES string of the molecule is CCOc1ccc(Nc2oc(-c3cccs3)nc2S(=O)(=O)c2ccc(Cl)cc2)cc1. The van der Waals surface area contributed by atoms with Crippen molar-refractivity contribution in [1.29, 1.82) is 0 Å². The van der Waals surface area contributed by atoms with Crippen LogP contribution in [0.2, 0.25) is 5.02 Å². The molecule has 0 bridgehead atoms. The summed E-state index contributed by atoms with van der Waals surface area (Å²) >= 11 is 7.31. The summed E-state index contributed by atoms with van der Waals surface area (Å²) in [5.74, 6) is 0.984. The number of rotatable bonds is 7. The van der Waals surface area contributed by atoms with Gasteiger partial charge in [-0.25, -0.2) is 8.42 Å². The highest BCUT2D eigenvalue weighted by Crippen LogP contribution is 2.35. The Morgan fingerprint density at radius 3 is 2.47 bits per heavy atom. The minimum atomic E-state index is -3.94. The van der Waals surface area contributed by atoms with Crippen molar-refractivity contribution in [2.45, 2.75) is 16.8 Å². The molecule has 4 aromatic rings. The van der Waals surface area contributed by atoms with E-state index in [4.69, 9.17) is 20.8 Å². The molecule has 0 saturated heterocycles. The van der Waals surface area contributed by atoms with Gasteiger partial charge in [0.1, 0.15) is 5.75 Å². The number of sulfone groups is 1. The Balaban J connectivity index is 1.76. The number of nitrogens with zero attached hydrogens (tertiary/aromatic N) is 1. The Bertz CT molecular complexity index is 1230. The fraction of sp³-hybridized carbons (Fsp3) is 0.0952. The minimum absolute atomic E-state index is 0.0394. The number of nitrogens with one attached hydrogen (secondary N) is 1. The van der Waals surface area contributed by atoms with Crippen LogP contribution >= 0.6 is 22.9 Å². The molecule has 154 valence electrons. The van der Waals surface area contributed by atoms with E-state index in [2.05, 4.69) is 10.3 Å². The van der Waals surface area contributed by atoms with Gasteiger partial charge in [-0.3, -0.25) is 0 Å². The first-order valence-electron chi connectivity index (χ1n) is 9.02. The lowest BCUT2D eigenvalue weighted by molar-refractivity contribution is 0.340.